The van der Waals surface area contributed by atoms with Gasteiger partial charge in [-0.3, -0.25) is 9.59 Å². The highest BCUT2D eigenvalue weighted by Gasteiger charge is 2.11. The first-order chi connectivity index (χ1) is 9.08. The Morgan fingerprint density at radius 2 is 1.84 bits per heavy atom. The molecule has 1 atom stereocenters. The van der Waals surface area contributed by atoms with Crippen LogP contribution in [0.3, 0.4) is 0 Å². The molecule has 1 amide bonds. The number of nitrogens with one attached hydrogen (secondary N) is 1. The summed E-state index contributed by atoms with van der Waals surface area (Å²) in [5, 5.41) is 2.90. The second-order valence-electron chi connectivity index (χ2n) is 4.47. The summed E-state index contributed by atoms with van der Waals surface area (Å²) >= 11 is 0. The molecule has 0 fully saturated rings. The molecule has 1 heterocycles. The number of hydrogen-bond acceptors (Lipinski definition) is 2. The van der Waals surface area contributed by atoms with Gasteiger partial charge in [0.25, 0.3) is 5.91 Å². The van der Waals surface area contributed by atoms with E-state index in [2.05, 4.69) is 5.32 Å². The summed E-state index contributed by atoms with van der Waals surface area (Å²) in [7, 11) is 1.62. The van der Waals surface area contributed by atoms with Gasteiger partial charge in [0, 0.05) is 19.3 Å². The predicted octanol–water partition coefficient (Wildman–Crippen LogP) is 1.88. The Kier molecular flexibility index (Phi) is 3.80. The van der Waals surface area contributed by atoms with Crippen LogP contribution in [0.25, 0.3) is 0 Å². The van der Waals surface area contributed by atoms with Crippen LogP contribution in [-0.4, -0.2) is 10.5 Å². The van der Waals surface area contributed by atoms with Crippen molar-refractivity contribution in [2.45, 2.75) is 13.0 Å². The Hall–Kier alpha value is -2.36. The normalized spacial score (nSPS) is 11.9. The Balaban J connectivity index is 2.13. The summed E-state index contributed by atoms with van der Waals surface area (Å²) < 4.78 is 1.39. The summed E-state index contributed by atoms with van der Waals surface area (Å²) in [4.78, 5) is 23.3. The first kappa shape index (κ1) is 13.1. The number of hydrogen-bond donors (Lipinski definition) is 1. The fourth-order valence-electron chi connectivity index (χ4n) is 1.83. The van der Waals surface area contributed by atoms with Crippen LogP contribution < -0.4 is 10.9 Å². The van der Waals surface area contributed by atoms with E-state index in [1.165, 1.54) is 22.9 Å². The lowest BCUT2D eigenvalue weighted by Gasteiger charge is -2.14. The zero-order valence-electron chi connectivity index (χ0n) is 11.0. The third-order valence-electron chi connectivity index (χ3n) is 3.00. The predicted molar refractivity (Wildman–Crippen MR) is 74.0 cm³/mol. The molecular weight excluding hydrogens is 240 g/mol. The van der Waals surface area contributed by atoms with Crippen molar-refractivity contribution in [3.05, 3.63) is 70.1 Å². The average Bonchev–Trinajstić information content (AvgIpc) is 2.42. The van der Waals surface area contributed by atoms with Gasteiger partial charge in [-0.1, -0.05) is 30.3 Å². The molecule has 0 bridgehead atoms. The quantitative estimate of drug-likeness (QED) is 0.911. The number of carbonyl (C=O) groups is 1. The molecule has 0 spiro atoms. The maximum Gasteiger partial charge on any atom is 0.253 e. The van der Waals surface area contributed by atoms with Crippen molar-refractivity contribution in [2.24, 2.45) is 7.05 Å². The van der Waals surface area contributed by atoms with Crippen LogP contribution in [0.2, 0.25) is 0 Å². The molecule has 19 heavy (non-hydrogen) atoms. The second-order valence-corrected chi connectivity index (χ2v) is 4.47. The fourth-order valence-corrected chi connectivity index (χ4v) is 1.83. The van der Waals surface area contributed by atoms with E-state index in [0.717, 1.165) is 5.56 Å². The molecule has 2 rings (SSSR count). The molecule has 98 valence electrons. The Labute approximate surface area is 111 Å². The highest BCUT2D eigenvalue weighted by molar-refractivity contribution is 5.94. The van der Waals surface area contributed by atoms with Crippen molar-refractivity contribution < 1.29 is 4.79 Å². The summed E-state index contributed by atoms with van der Waals surface area (Å²) in [6.07, 6.45) is 1.54. The summed E-state index contributed by atoms with van der Waals surface area (Å²) in [6, 6.07) is 12.6. The van der Waals surface area contributed by atoms with Crippen molar-refractivity contribution in [1.29, 1.82) is 0 Å². The molecule has 0 saturated carbocycles. The molecular formula is C15H16N2O2. The zero-order valence-corrected chi connectivity index (χ0v) is 11.0. The smallest absolute Gasteiger partial charge is 0.253 e. The summed E-state index contributed by atoms with van der Waals surface area (Å²) in [5.41, 5.74) is 1.39. The molecule has 4 heteroatoms. The number of benzene rings is 1. The van der Waals surface area contributed by atoms with Crippen molar-refractivity contribution in [3.8, 4) is 0 Å². The van der Waals surface area contributed by atoms with Gasteiger partial charge in [0.15, 0.2) is 0 Å². The molecule has 1 unspecified atom stereocenters. The van der Waals surface area contributed by atoms with E-state index in [4.69, 9.17) is 0 Å². The molecule has 1 aromatic heterocycles. The van der Waals surface area contributed by atoms with Crippen molar-refractivity contribution in [1.82, 2.24) is 9.88 Å². The van der Waals surface area contributed by atoms with Gasteiger partial charge in [0.05, 0.1) is 11.6 Å². The number of aromatic nitrogens is 1. The zero-order chi connectivity index (χ0) is 13.8. The van der Waals surface area contributed by atoms with E-state index in [9.17, 15) is 9.59 Å². The maximum atomic E-state index is 12.1. The van der Waals surface area contributed by atoms with Gasteiger partial charge in [-0.05, 0) is 18.6 Å². The Morgan fingerprint density at radius 3 is 2.47 bits per heavy atom. The molecule has 0 aliphatic rings. The number of aryl methyl sites for hydroxylation is 1. The minimum absolute atomic E-state index is 0.0778. The van der Waals surface area contributed by atoms with Crippen molar-refractivity contribution >= 4 is 5.91 Å². The lowest BCUT2D eigenvalue weighted by molar-refractivity contribution is 0.0939. The highest BCUT2D eigenvalue weighted by Crippen LogP contribution is 2.11. The molecule has 4 nitrogen and oxygen atoms in total. The number of carbonyl (C=O) groups excluding carboxylic acids is 1. The maximum absolute atomic E-state index is 12.1. The topological polar surface area (TPSA) is 51.1 Å². The van der Waals surface area contributed by atoms with Gasteiger partial charge in [-0.25, -0.2) is 0 Å². The second kappa shape index (κ2) is 5.52. The molecule has 1 N–H and O–H groups in total. The van der Waals surface area contributed by atoms with Gasteiger partial charge in [-0.2, -0.15) is 0 Å². The van der Waals surface area contributed by atoms with E-state index < -0.39 is 0 Å². The fraction of sp³-hybridized carbons (Fsp3) is 0.200. The van der Waals surface area contributed by atoms with Gasteiger partial charge >= 0.3 is 0 Å². The van der Waals surface area contributed by atoms with E-state index in [1.807, 2.05) is 37.3 Å². The van der Waals surface area contributed by atoms with Gasteiger partial charge in [0.2, 0.25) is 5.56 Å². The monoisotopic (exact) mass is 256 g/mol. The molecule has 1 aromatic carbocycles. The largest absolute Gasteiger partial charge is 0.345 e. The van der Waals surface area contributed by atoms with Crippen LogP contribution in [0, 0.1) is 0 Å². The van der Waals surface area contributed by atoms with E-state index in [0.29, 0.717) is 5.56 Å². The Morgan fingerprint density at radius 1 is 1.16 bits per heavy atom. The number of rotatable bonds is 3. The van der Waals surface area contributed by atoms with Crippen LogP contribution in [0.5, 0.6) is 0 Å². The molecule has 0 aliphatic carbocycles. The molecule has 0 radical (unpaired) electrons. The first-order valence-corrected chi connectivity index (χ1v) is 6.10. The van der Waals surface area contributed by atoms with Crippen LogP contribution >= 0.6 is 0 Å². The first-order valence-electron chi connectivity index (χ1n) is 6.10. The van der Waals surface area contributed by atoms with Crippen LogP contribution in [0.15, 0.2) is 53.5 Å². The van der Waals surface area contributed by atoms with Crippen molar-refractivity contribution in [3.63, 3.8) is 0 Å². The van der Waals surface area contributed by atoms with Crippen LogP contribution in [-0.2, 0) is 7.05 Å². The van der Waals surface area contributed by atoms with Gasteiger partial charge in [0.1, 0.15) is 0 Å². The number of amides is 1. The van der Waals surface area contributed by atoms with E-state index in [-0.39, 0.29) is 17.5 Å². The lowest BCUT2D eigenvalue weighted by Crippen LogP contribution is -2.28. The molecule has 2 aromatic rings. The minimum Gasteiger partial charge on any atom is -0.345 e. The molecule has 0 saturated heterocycles. The van der Waals surface area contributed by atoms with Gasteiger partial charge in [-0.15, -0.1) is 0 Å². The molecule has 0 aliphatic heterocycles. The standard InChI is InChI=1S/C15H16N2O2/c1-11(12-6-4-3-5-7-12)16-15(19)13-8-9-14(18)17(2)10-13/h3-11H,1-2H3,(H,16,19). The lowest BCUT2D eigenvalue weighted by atomic mass is 10.1. The summed E-state index contributed by atoms with van der Waals surface area (Å²) in [5.74, 6) is -0.188. The number of nitrogens with zero attached hydrogens (tertiary/aromatic N) is 1. The minimum atomic E-state index is -0.188. The Bertz CT molecular complexity index is 632. The third kappa shape index (κ3) is 3.10. The van der Waals surface area contributed by atoms with Gasteiger partial charge < -0.3 is 9.88 Å². The third-order valence-corrected chi connectivity index (χ3v) is 3.00. The van der Waals surface area contributed by atoms with E-state index in [1.54, 1.807) is 7.05 Å². The van der Waals surface area contributed by atoms with Crippen molar-refractivity contribution in [2.75, 3.05) is 0 Å². The highest BCUT2D eigenvalue weighted by atomic mass is 16.2. The average molecular weight is 256 g/mol. The van der Waals surface area contributed by atoms with E-state index >= 15 is 0 Å². The number of pyridine rings is 1. The van der Waals surface area contributed by atoms with Crippen LogP contribution in [0.1, 0.15) is 28.9 Å². The van der Waals surface area contributed by atoms with Crippen LogP contribution in [0.4, 0.5) is 0 Å². The SMILES string of the molecule is CC(NC(=O)c1ccc(=O)n(C)c1)c1ccccc1. The summed E-state index contributed by atoms with van der Waals surface area (Å²) in [6.45, 7) is 1.93.